The predicted molar refractivity (Wildman–Crippen MR) is 149 cm³/mol. The molecule has 0 aliphatic carbocycles. The number of hydrogen-bond acceptors (Lipinski definition) is 4. The van der Waals surface area contributed by atoms with Gasteiger partial charge in [-0.15, -0.1) is 0 Å². The topological polar surface area (TPSA) is 45.6 Å². The second-order valence-corrected chi connectivity index (χ2v) is 10.8. The Labute approximate surface area is 245 Å². The van der Waals surface area contributed by atoms with E-state index in [0.29, 0.717) is 44.1 Å². The molecule has 0 unspecified atom stereocenters. The number of aromatic nitrogens is 1. The van der Waals surface area contributed by atoms with Gasteiger partial charge in [-0.3, -0.25) is 4.90 Å². The van der Waals surface area contributed by atoms with Crippen LogP contribution in [0.5, 0.6) is 11.6 Å². The molecule has 4 aromatic rings. The van der Waals surface area contributed by atoms with Crippen molar-refractivity contribution in [2.24, 2.45) is 5.92 Å². The highest BCUT2D eigenvalue weighted by atomic mass is 19.4. The molecule has 1 fully saturated rings. The summed E-state index contributed by atoms with van der Waals surface area (Å²) in [5.41, 5.74) is -1.14. The molecule has 10 heteroatoms. The van der Waals surface area contributed by atoms with Gasteiger partial charge in [-0.05, 0) is 97.9 Å². The molecule has 1 N–H and O–H groups in total. The quantitative estimate of drug-likeness (QED) is 0.217. The van der Waals surface area contributed by atoms with Crippen LogP contribution < -0.4 is 4.74 Å². The van der Waals surface area contributed by atoms with Crippen molar-refractivity contribution in [3.05, 3.63) is 125 Å². The second-order valence-electron chi connectivity index (χ2n) is 10.8. The van der Waals surface area contributed by atoms with Crippen molar-refractivity contribution in [1.82, 2.24) is 9.88 Å². The van der Waals surface area contributed by atoms with Crippen LogP contribution in [0.15, 0.2) is 91.1 Å². The Morgan fingerprint density at radius 3 is 1.70 bits per heavy atom. The average molecular weight is 601 g/mol. The van der Waals surface area contributed by atoms with Gasteiger partial charge in [0.25, 0.3) is 0 Å². The molecule has 0 radical (unpaired) electrons. The number of hydrogen-bond donors (Lipinski definition) is 1. The van der Waals surface area contributed by atoms with Crippen molar-refractivity contribution >= 4 is 0 Å². The van der Waals surface area contributed by atoms with Gasteiger partial charge in [0.1, 0.15) is 11.4 Å². The van der Waals surface area contributed by atoms with Crippen LogP contribution in [-0.4, -0.2) is 28.1 Å². The Morgan fingerprint density at radius 2 is 1.23 bits per heavy atom. The van der Waals surface area contributed by atoms with Crippen LogP contribution in [0.2, 0.25) is 0 Å². The van der Waals surface area contributed by atoms with Crippen LogP contribution >= 0.6 is 0 Å². The van der Waals surface area contributed by atoms with Gasteiger partial charge in [0.2, 0.25) is 5.88 Å². The molecule has 0 spiro atoms. The molecule has 1 saturated heterocycles. The number of halogens is 6. The van der Waals surface area contributed by atoms with Gasteiger partial charge in [-0.25, -0.2) is 4.98 Å². The number of pyridine rings is 1. The molecule has 1 aliphatic rings. The van der Waals surface area contributed by atoms with Crippen molar-refractivity contribution in [1.29, 1.82) is 0 Å². The number of aliphatic hydroxyl groups is 1. The summed E-state index contributed by atoms with van der Waals surface area (Å²) in [6.07, 6.45) is -6.48. The Balaban J connectivity index is 1.31. The normalized spacial score (nSPS) is 15.4. The number of rotatable bonds is 7. The van der Waals surface area contributed by atoms with Gasteiger partial charge in [0.05, 0.1) is 11.1 Å². The van der Waals surface area contributed by atoms with E-state index in [2.05, 4.69) is 9.88 Å². The largest absolute Gasteiger partial charge is 0.439 e. The molecule has 1 aromatic heterocycles. The van der Waals surface area contributed by atoms with Gasteiger partial charge in [0, 0.05) is 18.3 Å². The van der Waals surface area contributed by atoms with Crippen molar-refractivity contribution in [2.75, 3.05) is 13.1 Å². The van der Waals surface area contributed by atoms with Gasteiger partial charge in [0.15, 0.2) is 0 Å². The van der Waals surface area contributed by atoms with Crippen LogP contribution in [0.25, 0.3) is 0 Å². The summed E-state index contributed by atoms with van der Waals surface area (Å²) in [4.78, 5) is 6.44. The average Bonchev–Trinajstić information content (AvgIpc) is 2.98. The second kappa shape index (κ2) is 12.0. The molecule has 1 aliphatic heterocycles. The number of likely N-dealkylation sites (tertiary alicyclic amines) is 1. The zero-order valence-corrected chi connectivity index (χ0v) is 23.3. The number of aryl methyl sites for hydroxylation is 1. The zero-order chi connectivity index (χ0) is 30.8. The highest BCUT2D eigenvalue weighted by Gasteiger charge is 2.43. The van der Waals surface area contributed by atoms with E-state index in [1.54, 1.807) is 6.20 Å². The van der Waals surface area contributed by atoms with Gasteiger partial charge >= 0.3 is 12.4 Å². The lowest BCUT2D eigenvalue weighted by atomic mass is 9.71. The van der Waals surface area contributed by atoms with Crippen LogP contribution in [0.4, 0.5) is 26.3 Å². The van der Waals surface area contributed by atoms with E-state index in [-0.39, 0.29) is 11.1 Å². The summed E-state index contributed by atoms with van der Waals surface area (Å²) in [6, 6.07) is 19.8. The molecule has 2 heterocycles. The summed E-state index contributed by atoms with van der Waals surface area (Å²) in [6.45, 7) is 3.71. The first-order chi connectivity index (χ1) is 20.3. The maximum Gasteiger partial charge on any atom is 0.416 e. The van der Waals surface area contributed by atoms with E-state index in [1.807, 2.05) is 43.3 Å². The molecular formula is C33H30F6N2O2. The molecule has 3 aromatic carbocycles. The summed E-state index contributed by atoms with van der Waals surface area (Å²) in [5, 5.41) is 12.1. The van der Waals surface area contributed by atoms with Gasteiger partial charge < -0.3 is 9.84 Å². The van der Waals surface area contributed by atoms with E-state index in [9.17, 15) is 31.4 Å². The highest BCUT2D eigenvalue weighted by molar-refractivity contribution is 5.41. The summed E-state index contributed by atoms with van der Waals surface area (Å²) < 4.78 is 85.2. The molecule has 0 saturated carbocycles. The molecule has 0 atom stereocenters. The minimum Gasteiger partial charge on any atom is -0.439 e. The molecule has 43 heavy (non-hydrogen) atoms. The Morgan fingerprint density at radius 1 is 0.744 bits per heavy atom. The molecule has 0 bridgehead atoms. The van der Waals surface area contributed by atoms with Crippen molar-refractivity contribution in [3.63, 3.8) is 0 Å². The number of piperidine rings is 1. The monoisotopic (exact) mass is 600 g/mol. The van der Waals surface area contributed by atoms with E-state index < -0.39 is 35.0 Å². The third kappa shape index (κ3) is 6.86. The number of nitrogens with zero attached hydrogens (tertiary/aromatic N) is 2. The number of alkyl halides is 6. The summed E-state index contributed by atoms with van der Waals surface area (Å²) >= 11 is 0. The SMILES string of the molecule is Cc1cccnc1Oc1ccc(CN2CCC(C(O)(c3ccc(C(F)(F)F)cc3)c3ccc(C(F)(F)F)cc3)CC2)cc1. The maximum absolute atomic E-state index is 13.2. The van der Waals surface area contributed by atoms with E-state index in [0.717, 1.165) is 35.4 Å². The lowest BCUT2D eigenvalue weighted by Crippen LogP contribution is -2.44. The van der Waals surface area contributed by atoms with E-state index >= 15 is 0 Å². The summed E-state index contributed by atoms with van der Waals surface area (Å²) in [7, 11) is 0. The fraction of sp³-hybridized carbons (Fsp3) is 0.303. The molecule has 5 rings (SSSR count). The molecular weight excluding hydrogens is 570 g/mol. The minimum absolute atomic E-state index is 0.206. The third-order valence-electron chi connectivity index (χ3n) is 7.99. The Bertz CT molecular complexity index is 1450. The van der Waals surface area contributed by atoms with Crippen LogP contribution in [0.1, 0.15) is 46.2 Å². The number of benzene rings is 3. The van der Waals surface area contributed by atoms with Crippen LogP contribution in [0, 0.1) is 12.8 Å². The highest BCUT2D eigenvalue weighted by Crippen LogP contribution is 2.44. The van der Waals surface area contributed by atoms with Gasteiger partial charge in [-0.1, -0.05) is 42.5 Å². The lowest BCUT2D eigenvalue weighted by molar-refractivity contribution is -0.138. The molecule has 0 amide bonds. The molecule has 226 valence electrons. The van der Waals surface area contributed by atoms with Crippen LogP contribution in [-0.2, 0) is 24.5 Å². The first-order valence-corrected chi connectivity index (χ1v) is 13.8. The smallest absolute Gasteiger partial charge is 0.416 e. The van der Waals surface area contributed by atoms with Gasteiger partial charge in [-0.2, -0.15) is 26.3 Å². The lowest BCUT2D eigenvalue weighted by Gasteiger charge is -2.42. The predicted octanol–water partition coefficient (Wildman–Crippen LogP) is 8.37. The van der Waals surface area contributed by atoms with Crippen molar-refractivity contribution in [2.45, 2.75) is 44.3 Å². The van der Waals surface area contributed by atoms with E-state index in [4.69, 9.17) is 4.74 Å². The zero-order valence-electron chi connectivity index (χ0n) is 23.3. The summed E-state index contributed by atoms with van der Waals surface area (Å²) in [5.74, 6) is 0.753. The fourth-order valence-electron chi connectivity index (χ4n) is 5.58. The van der Waals surface area contributed by atoms with Crippen molar-refractivity contribution < 1.29 is 36.2 Å². The third-order valence-corrected chi connectivity index (χ3v) is 7.99. The Hall–Kier alpha value is -3.89. The first kappa shape index (κ1) is 30.6. The van der Waals surface area contributed by atoms with E-state index in [1.165, 1.54) is 24.3 Å². The maximum atomic E-state index is 13.2. The molecule has 4 nitrogen and oxygen atoms in total. The minimum atomic E-state index is -4.56. The standard InChI is InChI=1S/C33H30F6N2O2/c1-22-3-2-18-40-30(22)43-29-14-4-23(5-15-29)21-41-19-16-26(17-20-41)31(42,24-6-10-27(11-7-24)32(34,35)36)25-8-12-28(13-9-25)33(37,38)39/h2-15,18,26,42H,16-17,19-21H2,1H3. The van der Waals surface area contributed by atoms with Crippen molar-refractivity contribution in [3.8, 4) is 11.6 Å². The fourth-order valence-corrected chi connectivity index (χ4v) is 5.58. The number of ether oxygens (including phenoxy) is 1. The Kier molecular flexibility index (Phi) is 8.54. The first-order valence-electron chi connectivity index (χ1n) is 13.8. The van der Waals surface area contributed by atoms with Crippen LogP contribution in [0.3, 0.4) is 0 Å².